The Morgan fingerprint density at radius 2 is 1.80 bits per heavy atom. The van der Waals surface area contributed by atoms with E-state index in [1.807, 2.05) is 87.2 Å². The zero-order chi connectivity index (χ0) is 28.0. The number of ether oxygens (including phenoxy) is 1. The Labute approximate surface area is 236 Å². The zero-order valence-electron chi connectivity index (χ0n) is 22.7. The molecule has 0 aliphatic carbocycles. The van der Waals surface area contributed by atoms with Gasteiger partial charge in [-0.05, 0) is 70.2 Å². The number of hydrogen-bond donors (Lipinski definition) is 1. The van der Waals surface area contributed by atoms with Crippen molar-refractivity contribution in [3.8, 4) is 5.75 Å². The van der Waals surface area contributed by atoms with Gasteiger partial charge in [0.15, 0.2) is 5.50 Å². The van der Waals surface area contributed by atoms with E-state index in [-0.39, 0.29) is 5.91 Å². The minimum atomic E-state index is -0.476. The summed E-state index contributed by atoms with van der Waals surface area (Å²) in [4.78, 5) is 44.4. The summed E-state index contributed by atoms with van der Waals surface area (Å²) >= 11 is 1.37. The number of rotatable bonds is 6. The number of thioether (sulfide) groups is 1. The van der Waals surface area contributed by atoms with Gasteiger partial charge in [-0.25, -0.2) is 9.97 Å². The van der Waals surface area contributed by atoms with Crippen LogP contribution in [0.4, 0.5) is 23.0 Å². The van der Waals surface area contributed by atoms with Gasteiger partial charge in [-0.15, -0.1) is 0 Å². The lowest BCUT2D eigenvalue weighted by Gasteiger charge is -2.40. The number of pyridine rings is 2. The van der Waals surface area contributed by atoms with E-state index in [1.54, 1.807) is 5.06 Å². The third-order valence-corrected chi connectivity index (χ3v) is 8.26. The van der Waals surface area contributed by atoms with Crippen LogP contribution >= 0.6 is 11.8 Å². The fraction of sp³-hybridized carbons (Fsp3) is 0.310. The Morgan fingerprint density at radius 1 is 1.10 bits per heavy atom. The SMILES string of the molecule is Cc1cccc(N(c2ccc3c(c2)N(C2SC4=C(CC(C)(C)NC4=O)N2OC=O)CCO3)c2cccc(C)n2)n1. The van der Waals surface area contributed by atoms with E-state index >= 15 is 0 Å². The topological polar surface area (TPSA) is 100 Å². The molecule has 0 bridgehead atoms. The van der Waals surface area contributed by atoms with Gasteiger partial charge in [0.2, 0.25) is 0 Å². The van der Waals surface area contributed by atoms with Gasteiger partial charge < -0.3 is 19.8 Å². The van der Waals surface area contributed by atoms with Gasteiger partial charge in [-0.1, -0.05) is 23.9 Å². The van der Waals surface area contributed by atoms with Crippen LogP contribution in [-0.4, -0.2) is 51.6 Å². The maximum absolute atomic E-state index is 13.0. The molecule has 1 N–H and O–H groups in total. The first-order valence-electron chi connectivity index (χ1n) is 13.1. The van der Waals surface area contributed by atoms with Crippen LogP contribution in [0.2, 0.25) is 0 Å². The van der Waals surface area contributed by atoms with Crippen molar-refractivity contribution in [1.82, 2.24) is 20.3 Å². The zero-order valence-corrected chi connectivity index (χ0v) is 23.6. The van der Waals surface area contributed by atoms with Crippen molar-refractivity contribution in [2.24, 2.45) is 0 Å². The lowest BCUT2D eigenvalue weighted by Crippen LogP contribution is -2.50. The molecule has 2 aromatic heterocycles. The maximum atomic E-state index is 13.0. The van der Waals surface area contributed by atoms with Gasteiger partial charge in [0.1, 0.15) is 24.0 Å². The van der Waals surface area contributed by atoms with E-state index < -0.39 is 11.0 Å². The number of hydrogen-bond acceptors (Lipinski definition) is 10. The van der Waals surface area contributed by atoms with Crippen LogP contribution in [0.1, 0.15) is 31.7 Å². The van der Waals surface area contributed by atoms with Crippen molar-refractivity contribution >= 4 is 47.2 Å². The molecule has 5 heterocycles. The number of hydroxylamine groups is 2. The standard InChI is InChI=1S/C29H30N6O4S/c1-18-7-5-9-24(30-18)34(25-10-6-8-19(2)31-25)20-11-12-23-21(15-20)33(13-14-38-23)28-35(39-17-36)22-16-29(3,4)32-27(37)26(22)40-28/h5-12,15,17,28H,13-14,16H2,1-4H3,(H,32,37). The summed E-state index contributed by atoms with van der Waals surface area (Å²) in [5.74, 6) is 2.00. The molecule has 40 heavy (non-hydrogen) atoms. The molecule has 1 amide bonds. The molecule has 6 rings (SSSR count). The summed E-state index contributed by atoms with van der Waals surface area (Å²) in [6, 6.07) is 17.7. The molecular weight excluding hydrogens is 528 g/mol. The fourth-order valence-electron chi connectivity index (χ4n) is 5.26. The smallest absolute Gasteiger partial charge is 0.320 e. The van der Waals surface area contributed by atoms with Crippen LogP contribution < -0.4 is 19.9 Å². The number of amides is 1. The Balaban J connectivity index is 1.43. The number of carbonyl (C=O) groups excluding carboxylic acids is 2. The quantitative estimate of drug-likeness (QED) is 0.429. The molecule has 0 spiro atoms. The average Bonchev–Trinajstić information content (AvgIpc) is 3.26. The number of aromatic nitrogens is 2. The summed E-state index contributed by atoms with van der Waals surface area (Å²) in [5, 5.41) is 4.62. The highest BCUT2D eigenvalue weighted by Gasteiger charge is 2.47. The van der Waals surface area contributed by atoms with Crippen molar-refractivity contribution in [2.75, 3.05) is 23.0 Å². The number of anilines is 4. The molecule has 3 aromatic rings. The Kier molecular flexibility index (Phi) is 6.53. The Hall–Kier alpha value is -4.25. The van der Waals surface area contributed by atoms with Crippen LogP contribution in [0.5, 0.6) is 5.75 Å². The molecular formula is C29H30N6O4S. The van der Waals surface area contributed by atoms with Crippen LogP contribution in [0.25, 0.3) is 0 Å². The minimum Gasteiger partial charge on any atom is -0.490 e. The third kappa shape index (κ3) is 4.70. The van der Waals surface area contributed by atoms with Crippen molar-refractivity contribution in [3.05, 3.63) is 76.6 Å². The number of carbonyl (C=O) groups is 2. The molecule has 0 fully saturated rings. The highest BCUT2D eigenvalue weighted by Crippen LogP contribution is 2.49. The van der Waals surface area contributed by atoms with Crippen molar-refractivity contribution < 1.29 is 19.2 Å². The molecule has 206 valence electrons. The van der Waals surface area contributed by atoms with Crippen LogP contribution in [0, 0.1) is 13.8 Å². The minimum absolute atomic E-state index is 0.164. The van der Waals surface area contributed by atoms with Gasteiger partial charge in [0.05, 0.1) is 28.5 Å². The molecule has 1 unspecified atom stereocenters. The molecule has 3 aliphatic rings. The number of nitrogens with one attached hydrogen (secondary N) is 1. The van der Waals surface area contributed by atoms with Gasteiger partial charge in [0, 0.05) is 23.3 Å². The predicted molar refractivity (Wildman–Crippen MR) is 153 cm³/mol. The summed E-state index contributed by atoms with van der Waals surface area (Å²) in [6.07, 6.45) is 0.536. The Bertz CT molecular complexity index is 1480. The number of benzene rings is 1. The first-order valence-corrected chi connectivity index (χ1v) is 13.9. The first-order chi connectivity index (χ1) is 19.2. The first kappa shape index (κ1) is 26.0. The normalized spacial score (nSPS) is 19.4. The van der Waals surface area contributed by atoms with Crippen LogP contribution in [-0.2, 0) is 14.4 Å². The molecule has 0 saturated heterocycles. The van der Waals surface area contributed by atoms with Crippen LogP contribution in [0.15, 0.2) is 65.2 Å². The maximum Gasteiger partial charge on any atom is 0.320 e. The molecule has 1 aromatic carbocycles. The predicted octanol–water partition coefficient (Wildman–Crippen LogP) is 4.69. The van der Waals surface area contributed by atoms with E-state index in [1.165, 1.54) is 11.8 Å². The Morgan fingerprint density at radius 3 is 2.45 bits per heavy atom. The van der Waals surface area contributed by atoms with Crippen molar-refractivity contribution in [3.63, 3.8) is 0 Å². The second-order valence-corrected chi connectivity index (χ2v) is 11.6. The molecule has 11 heteroatoms. The van der Waals surface area contributed by atoms with E-state index in [2.05, 4.69) is 10.2 Å². The van der Waals surface area contributed by atoms with E-state index in [0.29, 0.717) is 42.4 Å². The molecule has 10 nitrogen and oxygen atoms in total. The summed E-state index contributed by atoms with van der Waals surface area (Å²) in [5.41, 5.74) is 3.19. The lowest BCUT2D eigenvalue weighted by atomic mass is 9.94. The summed E-state index contributed by atoms with van der Waals surface area (Å²) < 4.78 is 6.04. The van der Waals surface area contributed by atoms with Gasteiger partial charge in [-0.3, -0.25) is 14.5 Å². The largest absolute Gasteiger partial charge is 0.490 e. The van der Waals surface area contributed by atoms with E-state index in [4.69, 9.17) is 19.5 Å². The number of nitrogens with zero attached hydrogens (tertiary/aromatic N) is 5. The van der Waals surface area contributed by atoms with Crippen molar-refractivity contribution in [2.45, 2.75) is 45.2 Å². The molecule has 0 radical (unpaired) electrons. The monoisotopic (exact) mass is 558 g/mol. The highest BCUT2D eigenvalue weighted by atomic mass is 32.2. The molecule has 1 atom stereocenters. The van der Waals surface area contributed by atoms with Gasteiger partial charge in [-0.2, -0.15) is 5.06 Å². The summed E-state index contributed by atoms with van der Waals surface area (Å²) in [7, 11) is 0. The van der Waals surface area contributed by atoms with Crippen LogP contribution in [0.3, 0.4) is 0 Å². The highest BCUT2D eigenvalue weighted by molar-refractivity contribution is 8.04. The van der Waals surface area contributed by atoms with Crippen molar-refractivity contribution in [1.29, 1.82) is 0 Å². The van der Waals surface area contributed by atoms with Gasteiger partial charge in [0.25, 0.3) is 5.91 Å². The molecule has 3 aliphatic heterocycles. The second-order valence-electron chi connectivity index (χ2n) is 10.6. The fourth-order valence-corrected chi connectivity index (χ4v) is 6.55. The van der Waals surface area contributed by atoms with Gasteiger partial charge >= 0.3 is 6.47 Å². The third-order valence-electron chi connectivity index (χ3n) is 6.95. The van der Waals surface area contributed by atoms with E-state index in [9.17, 15) is 9.59 Å². The number of aryl methyl sites for hydroxylation is 2. The summed E-state index contributed by atoms with van der Waals surface area (Å²) in [6.45, 7) is 9.21. The number of fused-ring (bicyclic) bond motifs is 1. The molecule has 0 saturated carbocycles. The second kappa shape index (κ2) is 10.1. The lowest BCUT2D eigenvalue weighted by molar-refractivity contribution is -0.168. The van der Waals surface area contributed by atoms with E-state index in [0.717, 1.165) is 34.4 Å². The average molecular weight is 559 g/mol.